The first-order valence-electron chi connectivity index (χ1n) is 7.91. The van der Waals surface area contributed by atoms with E-state index >= 15 is 0 Å². The van der Waals surface area contributed by atoms with Crippen LogP contribution in [0.2, 0.25) is 0 Å². The molecule has 0 aromatic rings. The number of carbonyl (C=O) groups is 2. The fourth-order valence-corrected chi connectivity index (χ4v) is 1.88. The van der Waals surface area contributed by atoms with E-state index < -0.39 is 5.97 Å². The summed E-state index contributed by atoms with van der Waals surface area (Å²) < 4.78 is 4.56. The third-order valence-corrected chi connectivity index (χ3v) is 3.05. The van der Waals surface area contributed by atoms with E-state index in [0.29, 0.717) is 23.7 Å². The smallest absolute Gasteiger partial charge is 0.333 e. The van der Waals surface area contributed by atoms with Crippen LogP contribution >= 0.6 is 0 Å². The van der Waals surface area contributed by atoms with E-state index in [1.165, 1.54) is 0 Å². The molecule has 4 nitrogen and oxygen atoms in total. The Kier molecular flexibility index (Phi) is 13.5. The highest BCUT2D eigenvalue weighted by Crippen LogP contribution is 2.24. The van der Waals surface area contributed by atoms with Crippen LogP contribution in [0.3, 0.4) is 0 Å². The Hall–Kier alpha value is -1.58. The second-order valence-electron chi connectivity index (χ2n) is 5.80. The number of ether oxygens (including phenoxy) is 1. The summed E-state index contributed by atoms with van der Waals surface area (Å²) in [7, 11) is 0. The molecule has 0 aromatic heterocycles. The molecule has 1 atom stereocenters. The number of carboxylic acid groups (broad SMARTS) is 1. The van der Waals surface area contributed by atoms with E-state index in [1.807, 2.05) is 0 Å². The highest BCUT2D eigenvalue weighted by atomic mass is 16.5. The van der Waals surface area contributed by atoms with Gasteiger partial charge in [0, 0.05) is 11.1 Å². The van der Waals surface area contributed by atoms with Crippen LogP contribution in [0.4, 0.5) is 0 Å². The largest absolute Gasteiger partial charge is 0.478 e. The summed E-state index contributed by atoms with van der Waals surface area (Å²) in [5.74, 6) is -0.459. The molecule has 0 fully saturated rings. The zero-order valence-electron chi connectivity index (χ0n) is 14.8. The highest BCUT2D eigenvalue weighted by Gasteiger charge is 2.18. The van der Waals surface area contributed by atoms with Crippen molar-refractivity contribution in [2.24, 2.45) is 11.8 Å². The molecular weight excluding hydrogens is 280 g/mol. The van der Waals surface area contributed by atoms with Crippen molar-refractivity contribution in [2.75, 3.05) is 6.61 Å². The summed E-state index contributed by atoms with van der Waals surface area (Å²) in [4.78, 5) is 21.2. The first kappa shape index (κ1) is 22.7. The number of unbranched alkanes of at least 4 members (excludes halogenated alkanes) is 1. The molecule has 128 valence electrons. The lowest BCUT2D eigenvalue weighted by Crippen LogP contribution is -2.14. The van der Waals surface area contributed by atoms with Crippen molar-refractivity contribution >= 4 is 11.9 Å². The fourth-order valence-electron chi connectivity index (χ4n) is 1.88. The molecule has 4 heteroatoms. The van der Waals surface area contributed by atoms with E-state index in [-0.39, 0.29) is 11.9 Å². The van der Waals surface area contributed by atoms with Crippen molar-refractivity contribution in [3.05, 3.63) is 24.3 Å². The van der Waals surface area contributed by atoms with Gasteiger partial charge in [-0.15, -0.1) is 0 Å². The van der Waals surface area contributed by atoms with Crippen molar-refractivity contribution in [2.45, 2.75) is 60.3 Å². The maximum atomic E-state index is 10.8. The Morgan fingerprint density at radius 3 is 2.00 bits per heavy atom. The van der Waals surface area contributed by atoms with Crippen LogP contribution in [0.5, 0.6) is 0 Å². The monoisotopic (exact) mass is 312 g/mol. The number of hydrogen-bond acceptors (Lipinski definition) is 3. The minimum atomic E-state index is -0.841. The van der Waals surface area contributed by atoms with Gasteiger partial charge in [-0.05, 0) is 38.5 Å². The van der Waals surface area contributed by atoms with Crippen LogP contribution in [0, 0.1) is 11.8 Å². The van der Waals surface area contributed by atoms with Gasteiger partial charge in [-0.2, -0.15) is 0 Å². The van der Waals surface area contributed by atoms with Gasteiger partial charge in [-0.1, -0.05) is 46.8 Å². The van der Waals surface area contributed by atoms with Crippen LogP contribution in [-0.2, 0) is 14.3 Å². The Labute approximate surface area is 135 Å². The van der Waals surface area contributed by atoms with Gasteiger partial charge in [0.15, 0.2) is 0 Å². The van der Waals surface area contributed by atoms with Gasteiger partial charge in [-0.25, -0.2) is 9.59 Å². The van der Waals surface area contributed by atoms with Gasteiger partial charge in [0.25, 0.3) is 0 Å². The summed E-state index contributed by atoms with van der Waals surface area (Å²) in [6.07, 6.45) is 4.09. The number of hydrogen-bond donors (Lipinski definition) is 1. The van der Waals surface area contributed by atoms with E-state index in [1.54, 1.807) is 13.8 Å². The molecule has 0 heterocycles. The van der Waals surface area contributed by atoms with Gasteiger partial charge in [-0.3, -0.25) is 0 Å². The molecule has 0 aliphatic carbocycles. The number of carbonyl (C=O) groups excluding carboxylic acids is 1. The topological polar surface area (TPSA) is 63.6 Å². The van der Waals surface area contributed by atoms with Crippen molar-refractivity contribution in [3.63, 3.8) is 0 Å². The van der Waals surface area contributed by atoms with Crippen molar-refractivity contribution in [1.29, 1.82) is 0 Å². The van der Waals surface area contributed by atoms with Gasteiger partial charge in [0.05, 0.1) is 6.61 Å². The molecule has 0 amide bonds. The van der Waals surface area contributed by atoms with Gasteiger partial charge in [0.2, 0.25) is 0 Å². The van der Waals surface area contributed by atoms with E-state index in [2.05, 4.69) is 38.7 Å². The van der Waals surface area contributed by atoms with Gasteiger partial charge < -0.3 is 9.84 Å². The number of esters is 1. The maximum Gasteiger partial charge on any atom is 0.333 e. The average molecular weight is 312 g/mol. The number of rotatable bonds is 9. The summed E-state index contributed by atoms with van der Waals surface area (Å²) >= 11 is 0. The highest BCUT2D eigenvalue weighted by molar-refractivity contribution is 5.87. The van der Waals surface area contributed by atoms with Crippen molar-refractivity contribution in [1.82, 2.24) is 0 Å². The van der Waals surface area contributed by atoms with Gasteiger partial charge >= 0.3 is 11.9 Å². The number of aliphatic carboxylic acids is 1. The molecule has 0 radical (unpaired) electrons. The molecule has 0 rings (SSSR count). The molecule has 1 N–H and O–H groups in total. The third kappa shape index (κ3) is 12.2. The van der Waals surface area contributed by atoms with Crippen molar-refractivity contribution < 1.29 is 19.4 Å². The summed E-state index contributed by atoms with van der Waals surface area (Å²) in [5.41, 5.74) is 0.832. The molecule has 0 spiro atoms. The minimum Gasteiger partial charge on any atom is -0.478 e. The minimum absolute atomic E-state index is 0.160. The SMILES string of the molecule is C=C(C(=O)O)C(CCCC)CC(C)C.C=C(C)C(=O)OCC. The predicted octanol–water partition coefficient (Wildman–Crippen LogP) is 4.61. The lowest BCUT2D eigenvalue weighted by Gasteiger charge is -2.18. The normalized spacial score (nSPS) is 11.2. The second kappa shape index (κ2) is 13.1. The molecular formula is C18H32O4. The lowest BCUT2D eigenvalue weighted by molar-refractivity contribution is -0.138. The molecule has 0 bridgehead atoms. The quantitative estimate of drug-likeness (QED) is 0.499. The molecule has 0 aliphatic heterocycles. The molecule has 0 aromatic carbocycles. The zero-order valence-corrected chi connectivity index (χ0v) is 14.8. The van der Waals surface area contributed by atoms with Crippen LogP contribution in [-0.4, -0.2) is 23.7 Å². The molecule has 0 saturated carbocycles. The maximum absolute atomic E-state index is 10.8. The first-order chi connectivity index (χ1) is 10.2. The predicted molar refractivity (Wildman–Crippen MR) is 90.7 cm³/mol. The zero-order chi connectivity index (χ0) is 17.7. The van der Waals surface area contributed by atoms with Gasteiger partial charge in [0.1, 0.15) is 0 Å². The number of carboxylic acids is 1. The van der Waals surface area contributed by atoms with E-state index in [9.17, 15) is 9.59 Å². The van der Waals surface area contributed by atoms with Crippen LogP contribution in [0.1, 0.15) is 60.3 Å². The van der Waals surface area contributed by atoms with E-state index in [4.69, 9.17) is 5.11 Å². The van der Waals surface area contributed by atoms with Crippen LogP contribution in [0.15, 0.2) is 24.3 Å². The first-order valence-corrected chi connectivity index (χ1v) is 7.91. The standard InChI is InChI=1S/C12H22O2.C6H10O2/c1-5-6-7-11(8-9(2)3)10(4)12(13)14;1-4-8-6(7)5(2)3/h9,11H,4-8H2,1-3H3,(H,13,14);2,4H2,1,3H3. The second-order valence-corrected chi connectivity index (χ2v) is 5.80. The molecule has 1 unspecified atom stereocenters. The summed E-state index contributed by atoms with van der Waals surface area (Å²) in [6, 6.07) is 0. The Balaban J connectivity index is 0. The Bertz CT molecular complexity index is 369. The van der Waals surface area contributed by atoms with Crippen molar-refractivity contribution in [3.8, 4) is 0 Å². The lowest BCUT2D eigenvalue weighted by atomic mass is 9.87. The molecule has 0 aliphatic rings. The molecule has 0 saturated heterocycles. The molecule has 22 heavy (non-hydrogen) atoms. The fraction of sp³-hybridized carbons (Fsp3) is 0.667. The van der Waals surface area contributed by atoms with Crippen LogP contribution < -0.4 is 0 Å². The average Bonchev–Trinajstić information content (AvgIpc) is 2.43. The Morgan fingerprint density at radius 1 is 1.18 bits per heavy atom. The van der Waals surface area contributed by atoms with Crippen LogP contribution in [0.25, 0.3) is 0 Å². The van der Waals surface area contributed by atoms with E-state index in [0.717, 1.165) is 25.7 Å². The summed E-state index contributed by atoms with van der Waals surface area (Å²) in [6.45, 7) is 17.2. The summed E-state index contributed by atoms with van der Waals surface area (Å²) in [5, 5.41) is 8.87. The Morgan fingerprint density at radius 2 is 1.73 bits per heavy atom. The third-order valence-electron chi connectivity index (χ3n) is 3.05.